The topological polar surface area (TPSA) is 96.8 Å². The van der Waals surface area contributed by atoms with E-state index in [9.17, 15) is 4.79 Å². The molecule has 6 nitrogen and oxygen atoms in total. The van der Waals surface area contributed by atoms with Gasteiger partial charge in [0.1, 0.15) is 17.2 Å². The van der Waals surface area contributed by atoms with Gasteiger partial charge in [0, 0.05) is 24.6 Å². The fourth-order valence-corrected chi connectivity index (χ4v) is 1.37. The molecular formula is C13H20N2O4. The summed E-state index contributed by atoms with van der Waals surface area (Å²) in [6.07, 6.45) is 0.321. The molecule has 0 bridgehead atoms. The minimum absolute atomic E-state index is 0.270. The average Bonchev–Trinajstić information content (AvgIpc) is 2.37. The third-order valence-corrected chi connectivity index (χ3v) is 2.78. The summed E-state index contributed by atoms with van der Waals surface area (Å²) in [5.41, 5.74) is 9.83. The molecular weight excluding hydrogens is 248 g/mol. The molecule has 0 aromatic heterocycles. The molecule has 0 heterocycles. The van der Waals surface area contributed by atoms with E-state index in [0.717, 1.165) is 0 Å². The second-order valence-electron chi connectivity index (χ2n) is 4.43. The fraction of sp³-hybridized carbons (Fsp3) is 0.462. The van der Waals surface area contributed by atoms with Crippen molar-refractivity contribution in [2.24, 2.45) is 11.5 Å². The van der Waals surface area contributed by atoms with Crippen LogP contribution in [0.4, 0.5) is 0 Å². The Bertz CT molecular complexity index is 424. The molecule has 0 radical (unpaired) electrons. The highest BCUT2D eigenvalue weighted by Crippen LogP contribution is 2.27. The molecule has 1 rings (SSSR count). The number of rotatable bonds is 7. The van der Waals surface area contributed by atoms with Crippen molar-refractivity contribution in [1.29, 1.82) is 0 Å². The number of benzene rings is 1. The van der Waals surface area contributed by atoms with E-state index in [4.69, 9.17) is 25.7 Å². The molecule has 1 amide bonds. The van der Waals surface area contributed by atoms with Gasteiger partial charge in [-0.1, -0.05) is 0 Å². The van der Waals surface area contributed by atoms with Crippen molar-refractivity contribution < 1.29 is 19.0 Å². The summed E-state index contributed by atoms with van der Waals surface area (Å²) < 4.78 is 15.8. The number of ether oxygens (including phenoxy) is 3. The lowest BCUT2D eigenvalue weighted by atomic mass is 9.99. The van der Waals surface area contributed by atoms with Crippen molar-refractivity contribution in [1.82, 2.24) is 0 Å². The molecule has 19 heavy (non-hydrogen) atoms. The minimum atomic E-state index is -1.08. The van der Waals surface area contributed by atoms with Gasteiger partial charge in [0.2, 0.25) is 5.91 Å². The van der Waals surface area contributed by atoms with Gasteiger partial charge in [-0.15, -0.1) is 0 Å². The Kier molecular flexibility index (Phi) is 5.00. The lowest BCUT2D eigenvalue weighted by Crippen LogP contribution is -2.50. The smallest absolute Gasteiger partial charge is 0.237 e. The number of primary amides is 1. The molecule has 0 spiro atoms. The first-order valence-electron chi connectivity index (χ1n) is 5.83. The number of carbonyl (C=O) groups excluding carboxylic acids is 1. The van der Waals surface area contributed by atoms with Gasteiger partial charge in [0.15, 0.2) is 0 Å². The largest absolute Gasteiger partial charge is 0.496 e. The van der Waals surface area contributed by atoms with Crippen molar-refractivity contribution >= 4 is 5.91 Å². The van der Waals surface area contributed by atoms with Crippen LogP contribution in [-0.2, 0) is 4.79 Å². The number of nitrogens with two attached hydrogens (primary N) is 2. The van der Waals surface area contributed by atoms with Crippen LogP contribution in [0, 0.1) is 0 Å². The highest BCUT2D eigenvalue weighted by Gasteiger charge is 2.25. The number of hydrogen-bond acceptors (Lipinski definition) is 5. The van der Waals surface area contributed by atoms with Crippen LogP contribution in [0.25, 0.3) is 0 Å². The second-order valence-corrected chi connectivity index (χ2v) is 4.43. The zero-order valence-electron chi connectivity index (χ0n) is 11.4. The first-order chi connectivity index (χ1) is 8.89. The predicted molar refractivity (Wildman–Crippen MR) is 71.4 cm³/mol. The molecule has 0 fully saturated rings. The van der Waals surface area contributed by atoms with Crippen molar-refractivity contribution in [3.05, 3.63) is 18.2 Å². The summed E-state index contributed by atoms with van der Waals surface area (Å²) >= 11 is 0. The van der Waals surface area contributed by atoms with Crippen LogP contribution in [0.3, 0.4) is 0 Å². The summed E-state index contributed by atoms with van der Waals surface area (Å²) in [6, 6.07) is 5.19. The van der Waals surface area contributed by atoms with Gasteiger partial charge in [0.05, 0.1) is 26.4 Å². The van der Waals surface area contributed by atoms with Crippen molar-refractivity contribution in [3.8, 4) is 17.2 Å². The predicted octanol–water partition coefficient (Wildman–Crippen LogP) is 0.675. The van der Waals surface area contributed by atoms with E-state index in [-0.39, 0.29) is 6.61 Å². The lowest BCUT2D eigenvalue weighted by Gasteiger charge is -2.20. The normalized spacial score (nSPS) is 13.5. The first-order valence-corrected chi connectivity index (χ1v) is 5.83. The minimum Gasteiger partial charge on any atom is -0.496 e. The van der Waals surface area contributed by atoms with Crippen LogP contribution in [0.1, 0.15) is 13.3 Å². The molecule has 0 aliphatic rings. The third kappa shape index (κ3) is 4.33. The molecule has 1 unspecified atom stereocenters. The quantitative estimate of drug-likeness (QED) is 0.757. The van der Waals surface area contributed by atoms with Gasteiger partial charge in [-0.3, -0.25) is 4.79 Å². The lowest BCUT2D eigenvalue weighted by molar-refractivity contribution is -0.123. The maximum absolute atomic E-state index is 11.1. The summed E-state index contributed by atoms with van der Waals surface area (Å²) in [5.74, 6) is 1.27. The average molecular weight is 268 g/mol. The van der Waals surface area contributed by atoms with Crippen molar-refractivity contribution in [3.63, 3.8) is 0 Å². The summed E-state index contributed by atoms with van der Waals surface area (Å²) in [5, 5.41) is 0. The molecule has 6 heteroatoms. The highest BCUT2D eigenvalue weighted by molar-refractivity contribution is 5.83. The van der Waals surface area contributed by atoms with Crippen LogP contribution in [0.5, 0.6) is 17.2 Å². The van der Waals surface area contributed by atoms with Gasteiger partial charge in [-0.2, -0.15) is 0 Å². The Morgan fingerprint density at radius 3 is 2.05 bits per heavy atom. The van der Waals surface area contributed by atoms with E-state index >= 15 is 0 Å². The van der Waals surface area contributed by atoms with Crippen LogP contribution in [0.15, 0.2) is 18.2 Å². The monoisotopic (exact) mass is 268 g/mol. The van der Waals surface area contributed by atoms with Crippen LogP contribution < -0.4 is 25.7 Å². The van der Waals surface area contributed by atoms with Crippen LogP contribution in [-0.4, -0.2) is 32.3 Å². The van der Waals surface area contributed by atoms with Gasteiger partial charge < -0.3 is 25.7 Å². The third-order valence-electron chi connectivity index (χ3n) is 2.78. The molecule has 1 atom stereocenters. The molecule has 0 aliphatic heterocycles. The standard InChI is InChI=1S/C13H20N2O4/c1-13(15,12(14)16)4-5-19-11-7-9(17-2)6-10(8-11)18-3/h6-8H,4-5,15H2,1-3H3,(H2,14,16). The Balaban J connectivity index is 2.65. The highest BCUT2D eigenvalue weighted by atomic mass is 16.5. The Morgan fingerprint density at radius 2 is 1.63 bits per heavy atom. The Hall–Kier alpha value is -1.95. The van der Waals surface area contributed by atoms with E-state index in [1.807, 2.05) is 0 Å². The Morgan fingerprint density at radius 1 is 1.16 bits per heavy atom. The Labute approximate surface area is 112 Å². The number of amides is 1. The number of hydrogen-bond donors (Lipinski definition) is 2. The zero-order valence-corrected chi connectivity index (χ0v) is 11.4. The molecule has 0 saturated heterocycles. The van der Waals surface area contributed by atoms with Crippen molar-refractivity contribution in [2.75, 3.05) is 20.8 Å². The molecule has 0 saturated carbocycles. The number of carbonyl (C=O) groups is 1. The summed E-state index contributed by atoms with van der Waals surface area (Å²) in [7, 11) is 3.12. The first kappa shape index (κ1) is 15.1. The van der Waals surface area contributed by atoms with Gasteiger partial charge >= 0.3 is 0 Å². The molecule has 1 aromatic carbocycles. The maximum atomic E-state index is 11.1. The summed E-state index contributed by atoms with van der Waals surface area (Å²) in [6.45, 7) is 1.84. The zero-order chi connectivity index (χ0) is 14.5. The van der Waals surface area contributed by atoms with E-state index in [2.05, 4.69) is 0 Å². The molecule has 4 N–H and O–H groups in total. The fourth-order valence-electron chi connectivity index (χ4n) is 1.37. The molecule has 0 aliphatic carbocycles. The van der Waals surface area contributed by atoms with Gasteiger partial charge in [-0.25, -0.2) is 0 Å². The van der Waals surface area contributed by atoms with E-state index in [1.54, 1.807) is 39.3 Å². The van der Waals surface area contributed by atoms with E-state index in [1.165, 1.54) is 0 Å². The maximum Gasteiger partial charge on any atom is 0.237 e. The van der Waals surface area contributed by atoms with Crippen LogP contribution in [0.2, 0.25) is 0 Å². The molecule has 106 valence electrons. The van der Waals surface area contributed by atoms with E-state index < -0.39 is 11.4 Å². The number of methoxy groups -OCH3 is 2. The SMILES string of the molecule is COc1cc(OC)cc(OCCC(C)(N)C(N)=O)c1. The van der Waals surface area contributed by atoms with Crippen LogP contribution >= 0.6 is 0 Å². The second kappa shape index (κ2) is 6.29. The van der Waals surface area contributed by atoms with Gasteiger partial charge in [0.25, 0.3) is 0 Å². The summed E-state index contributed by atoms with van der Waals surface area (Å²) in [4.78, 5) is 11.1. The van der Waals surface area contributed by atoms with E-state index in [0.29, 0.717) is 23.7 Å². The van der Waals surface area contributed by atoms with Crippen molar-refractivity contribution in [2.45, 2.75) is 18.9 Å². The van der Waals surface area contributed by atoms with Gasteiger partial charge in [-0.05, 0) is 6.92 Å². The molecule has 1 aromatic rings.